The Labute approximate surface area is 178 Å². The van der Waals surface area contributed by atoms with Gasteiger partial charge < -0.3 is 21.3 Å². The summed E-state index contributed by atoms with van der Waals surface area (Å²) in [6.07, 6.45) is 0. The molecule has 0 aliphatic heterocycles. The smallest absolute Gasteiger partial charge is 0.308 e. The summed E-state index contributed by atoms with van der Waals surface area (Å²) in [6.45, 7) is 1.83. The van der Waals surface area contributed by atoms with Gasteiger partial charge in [0.15, 0.2) is 0 Å². The molecule has 4 amide bonds. The van der Waals surface area contributed by atoms with Gasteiger partial charge in [0.1, 0.15) is 0 Å². The number of anilines is 4. The molecule has 0 saturated heterocycles. The number of carbonyl (C=O) groups is 2. The van der Waals surface area contributed by atoms with E-state index in [9.17, 15) is 9.59 Å². The molecule has 3 aromatic carbocycles. The minimum atomic E-state index is -0.462. The molecule has 29 heavy (non-hydrogen) atoms. The average molecular weight is 429 g/mol. The van der Waals surface area contributed by atoms with Gasteiger partial charge >= 0.3 is 12.1 Å². The molecule has 148 valence electrons. The highest BCUT2D eigenvalue weighted by Gasteiger charge is 2.12. The SMILES string of the molecule is Cc1cccc(NC(=O)Nc2cccc(Cl)c2)c1NC(=O)Nc1cccc(Cl)c1. The van der Waals surface area contributed by atoms with E-state index in [1.54, 1.807) is 60.7 Å². The van der Waals surface area contributed by atoms with Crippen molar-refractivity contribution < 1.29 is 9.59 Å². The van der Waals surface area contributed by atoms with Crippen molar-refractivity contribution in [3.63, 3.8) is 0 Å². The fraction of sp³-hybridized carbons (Fsp3) is 0.0476. The Hall–Kier alpha value is -3.22. The number of rotatable bonds is 4. The minimum absolute atomic E-state index is 0.450. The molecule has 3 aromatic rings. The molecule has 0 bridgehead atoms. The maximum atomic E-state index is 12.4. The van der Waals surface area contributed by atoms with Crippen LogP contribution in [0.1, 0.15) is 5.56 Å². The van der Waals surface area contributed by atoms with E-state index in [0.717, 1.165) is 5.56 Å². The van der Waals surface area contributed by atoms with Crippen molar-refractivity contribution in [2.45, 2.75) is 6.92 Å². The van der Waals surface area contributed by atoms with Crippen molar-refractivity contribution in [3.05, 3.63) is 82.3 Å². The lowest BCUT2D eigenvalue weighted by molar-refractivity contribution is 0.261. The number of hydrogen-bond donors (Lipinski definition) is 4. The van der Waals surface area contributed by atoms with Gasteiger partial charge in [0.2, 0.25) is 0 Å². The van der Waals surface area contributed by atoms with E-state index in [0.29, 0.717) is 32.8 Å². The van der Waals surface area contributed by atoms with Gasteiger partial charge in [-0.1, -0.05) is 47.5 Å². The molecule has 0 saturated carbocycles. The summed E-state index contributed by atoms with van der Waals surface area (Å²) in [5.74, 6) is 0. The Bertz CT molecular complexity index is 1060. The van der Waals surface area contributed by atoms with E-state index in [2.05, 4.69) is 21.3 Å². The first-order valence-electron chi connectivity index (χ1n) is 8.67. The van der Waals surface area contributed by atoms with Gasteiger partial charge in [-0.2, -0.15) is 0 Å². The average Bonchev–Trinajstić information content (AvgIpc) is 2.64. The lowest BCUT2D eigenvalue weighted by Gasteiger charge is -2.16. The number of benzene rings is 3. The number of para-hydroxylation sites is 1. The zero-order valence-corrected chi connectivity index (χ0v) is 16.9. The summed E-state index contributed by atoms with van der Waals surface area (Å²) < 4.78 is 0. The van der Waals surface area contributed by atoms with Gasteiger partial charge in [-0.05, 0) is 55.0 Å². The number of halogens is 2. The van der Waals surface area contributed by atoms with Crippen LogP contribution in [0.2, 0.25) is 10.0 Å². The molecular weight excluding hydrogens is 411 g/mol. The van der Waals surface area contributed by atoms with Crippen LogP contribution in [-0.2, 0) is 0 Å². The monoisotopic (exact) mass is 428 g/mol. The fourth-order valence-electron chi connectivity index (χ4n) is 2.63. The molecule has 0 heterocycles. The van der Waals surface area contributed by atoms with Crippen LogP contribution in [-0.4, -0.2) is 12.1 Å². The zero-order valence-electron chi connectivity index (χ0n) is 15.4. The Morgan fingerprint density at radius 2 is 1.21 bits per heavy atom. The first kappa shape index (κ1) is 20.5. The molecule has 0 unspecified atom stereocenters. The lowest BCUT2D eigenvalue weighted by atomic mass is 10.1. The Kier molecular flexibility index (Phi) is 6.59. The summed E-state index contributed by atoms with van der Waals surface area (Å²) in [6, 6.07) is 18.0. The van der Waals surface area contributed by atoms with Crippen LogP contribution < -0.4 is 21.3 Å². The third-order valence-corrected chi connectivity index (χ3v) is 4.39. The number of urea groups is 2. The van der Waals surface area contributed by atoms with Gasteiger partial charge in [0, 0.05) is 21.4 Å². The van der Waals surface area contributed by atoms with E-state index >= 15 is 0 Å². The Morgan fingerprint density at radius 1 is 0.690 bits per heavy atom. The molecule has 4 N–H and O–H groups in total. The van der Waals surface area contributed by atoms with Crippen LogP contribution in [0.4, 0.5) is 32.3 Å². The van der Waals surface area contributed by atoms with Crippen LogP contribution in [0, 0.1) is 6.92 Å². The molecule has 0 atom stereocenters. The first-order valence-corrected chi connectivity index (χ1v) is 9.43. The van der Waals surface area contributed by atoms with Crippen LogP contribution in [0.15, 0.2) is 66.7 Å². The molecule has 0 aliphatic rings. The number of nitrogens with one attached hydrogen (secondary N) is 4. The van der Waals surface area contributed by atoms with Crippen molar-refractivity contribution in [3.8, 4) is 0 Å². The van der Waals surface area contributed by atoms with E-state index in [-0.39, 0.29) is 0 Å². The summed E-state index contributed by atoms with van der Waals surface area (Å²) in [5, 5.41) is 11.9. The van der Waals surface area contributed by atoms with E-state index in [4.69, 9.17) is 23.2 Å². The predicted octanol–water partition coefficient (Wildman–Crippen LogP) is 6.59. The van der Waals surface area contributed by atoms with E-state index < -0.39 is 12.1 Å². The molecule has 8 heteroatoms. The third kappa shape index (κ3) is 5.88. The van der Waals surface area contributed by atoms with Crippen LogP contribution in [0.5, 0.6) is 0 Å². The molecule has 3 rings (SSSR count). The topological polar surface area (TPSA) is 82.3 Å². The van der Waals surface area contributed by atoms with Crippen LogP contribution in [0.3, 0.4) is 0 Å². The molecule has 0 aliphatic carbocycles. The van der Waals surface area contributed by atoms with Gasteiger partial charge in [-0.3, -0.25) is 0 Å². The minimum Gasteiger partial charge on any atom is -0.308 e. The van der Waals surface area contributed by atoms with Crippen molar-refractivity contribution in [1.29, 1.82) is 0 Å². The van der Waals surface area contributed by atoms with Gasteiger partial charge in [0.05, 0.1) is 11.4 Å². The molecule has 0 aromatic heterocycles. The molecule has 6 nitrogen and oxygen atoms in total. The maximum Gasteiger partial charge on any atom is 0.323 e. The molecule has 0 radical (unpaired) electrons. The number of carbonyl (C=O) groups excluding carboxylic acids is 2. The second kappa shape index (κ2) is 9.32. The third-order valence-electron chi connectivity index (χ3n) is 3.92. The number of aryl methyl sites for hydroxylation is 1. The van der Waals surface area contributed by atoms with Crippen molar-refractivity contribution in [1.82, 2.24) is 0 Å². The Balaban J connectivity index is 1.71. The van der Waals surface area contributed by atoms with Crippen LogP contribution >= 0.6 is 23.2 Å². The standard InChI is InChI=1S/C21H18Cl2N4O2/c1-13-5-2-10-18(26-20(28)24-16-8-3-6-14(22)11-16)19(13)27-21(29)25-17-9-4-7-15(23)12-17/h2-12H,1H3,(H2,24,26,28)(H2,25,27,29). The molecular formula is C21H18Cl2N4O2. The second-order valence-corrected chi connectivity index (χ2v) is 7.05. The number of amides is 4. The summed E-state index contributed by atoms with van der Waals surface area (Å²) in [7, 11) is 0. The van der Waals surface area contributed by atoms with Gasteiger partial charge in [-0.15, -0.1) is 0 Å². The quantitative estimate of drug-likeness (QED) is 0.377. The summed E-state index contributed by atoms with van der Waals surface area (Å²) in [5.41, 5.74) is 2.82. The normalized spacial score (nSPS) is 10.2. The van der Waals surface area contributed by atoms with Crippen molar-refractivity contribution >= 4 is 58.0 Å². The second-order valence-electron chi connectivity index (χ2n) is 6.18. The van der Waals surface area contributed by atoms with Crippen molar-refractivity contribution in [2.24, 2.45) is 0 Å². The van der Waals surface area contributed by atoms with E-state index in [1.807, 2.05) is 13.0 Å². The van der Waals surface area contributed by atoms with E-state index in [1.165, 1.54) is 0 Å². The van der Waals surface area contributed by atoms with Crippen LogP contribution in [0.25, 0.3) is 0 Å². The van der Waals surface area contributed by atoms with Gasteiger partial charge in [-0.25, -0.2) is 9.59 Å². The largest absolute Gasteiger partial charge is 0.323 e. The first-order chi connectivity index (χ1) is 13.9. The summed E-state index contributed by atoms with van der Waals surface area (Å²) >= 11 is 11.9. The van der Waals surface area contributed by atoms with Gasteiger partial charge in [0.25, 0.3) is 0 Å². The highest BCUT2D eigenvalue weighted by atomic mass is 35.5. The fourth-order valence-corrected chi connectivity index (χ4v) is 3.01. The highest BCUT2D eigenvalue weighted by Crippen LogP contribution is 2.26. The highest BCUT2D eigenvalue weighted by molar-refractivity contribution is 6.31. The Morgan fingerprint density at radius 3 is 1.76 bits per heavy atom. The predicted molar refractivity (Wildman–Crippen MR) is 119 cm³/mol. The number of hydrogen-bond acceptors (Lipinski definition) is 2. The maximum absolute atomic E-state index is 12.4. The molecule has 0 fully saturated rings. The van der Waals surface area contributed by atoms with Crippen molar-refractivity contribution in [2.75, 3.05) is 21.3 Å². The zero-order chi connectivity index (χ0) is 20.8. The lowest BCUT2D eigenvalue weighted by Crippen LogP contribution is -2.23. The summed E-state index contributed by atoms with van der Waals surface area (Å²) in [4.78, 5) is 24.8. The molecule has 0 spiro atoms.